The van der Waals surface area contributed by atoms with E-state index in [1.165, 1.54) is 0 Å². The largest absolute Gasteiger partial charge is 0.416 e. The second-order valence-corrected chi connectivity index (χ2v) is 6.71. The van der Waals surface area contributed by atoms with Crippen LogP contribution in [-0.4, -0.2) is 17.0 Å². The number of benzene rings is 1. The number of nitrogens with two attached hydrogens (primary N) is 1. The molecule has 0 aliphatic heterocycles. The van der Waals surface area contributed by atoms with Gasteiger partial charge in [0.25, 0.3) is 0 Å². The van der Waals surface area contributed by atoms with Crippen molar-refractivity contribution < 1.29 is 13.2 Å². The van der Waals surface area contributed by atoms with Crippen molar-refractivity contribution >= 4 is 11.8 Å². The molecule has 0 aliphatic carbocycles. The average molecular weight is 352 g/mol. The van der Waals surface area contributed by atoms with Crippen LogP contribution < -0.4 is 11.1 Å². The zero-order valence-electron chi connectivity index (χ0n) is 14.8. The quantitative estimate of drug-likeness (QED) is 0.840. The normalized spacial score (nSPS) is 12.3. The van der Waals surface area contributed by atoms with Crippen molar-refractivity contribution in [1.82, 2.24) is 9.97 Å². The highest BCUT2D eigenvalue weighted by Crippen LogP contribution is 2.34. The van der Waals surface area contributed by atoms with Gasteiger partial charge in [-0.3, -0.25) is 0 Å². The van der Waals surface area contributed by atoms with E-state index in [-0.39, 0.29) is 5.41 Å². The number of hydrogen-bond donors (Lipinski definition) is 2. The highest BCUT2D eigenvalue weighted by atomic mass is 19.4. The number of nitrogens with zero attached hydrogens (tertiary/aromatic N) is 2. The summed E-state index contributed by atoms with van der Waals surface area (Å²) in [5.41, 5.74) is 7.61. The SMILES string of the molecule is CNc1nc(C)c(CCC(C)(C)c2ccc(C(F)(F)F)cc2)c(N)n1. The van der Waals surface area contributed by atoms with Gasteiger partial charge in [-0.05, 0) is 42.9 Å². The summed E-state index contributed by atoms with van der Waals surface area (Å²) in [6.45, 7) is 5.88. The maximum Gasteiger partial charge on any atom is 0.416 e. The molecule has 1 aromatic carbocycles. The highest BCUT2D eigenvalue weighted by molar-refractivity contribution is 5.47. The van der Waals surface area contributed by atoms with E-state index in [0.29, 0.717) is 24.6 Å². The molecule has 0 fully saturated rings. The monoisotopic (exact) mass is 352 g/mol. The summed E-state index contributed by atoms with van der Waals surface area (Å²) in [5, 5.41) is 2.86. The molecule has 0 unspecified atom stereocenters. The van der Waals surface area contributed by atoms with E-state index in [0.717, 1.165) is 29.0 Å². The standard InChI is InChI=1S/C18H23F3N4/c1-11-14(15(22)25-16(23-4)24-11)9-10-17(2,3)12-5-7-13(8-6-12)18(19,20)21/h5-8H,9-10H2,1-4H3,(H3,22,23,24,25). The Morgan fingerprint density at radius 2 is 1.60 bits per heavy atom. The Kier molecular flexibility index (Phi) is 5.25. The molecule has 0 atom stereocenters. The molecule has 0 bridgehead atoms. The van der Waals surface area contributed by atoms with Gasteiger partial charge >= 0.3 is 6.18 Å². The van der Waals surface area contributed by atoms with Crippen LogP contribution in [-0.2, 0) is 18.0 Å². The number of anilines is 2. The Balaban J connectivity index is 2.17. The molecule has 0 saturated heterocycles. The minimum absolute atomic E-state index is 0.301. The van der Waals surface area contributed by atoms with Gasteiger partial charge in [-0.2, -0.15) is 18.2 Å². The van der Waals surface area contributed by atoms with Crippen LogP contribution in [0.25, 0.3) is 0 Å². The van der Waals surface area contributed by atoms with Gasteiger partial charge in [-0.25, -0.2) is 4.98 Å². The number of hydrogen-bond acceptors (Lipinski definition) is 4. The third-order valence-corrected chi connectivity index (χ3v) is 4.46. The number of aryl methyl sites for hydroxylation is 1. The Labute approximate surface area is 145 Å². The third kappa shape index (κ3) is 4.41. The maximum absolute atomic E-state index is 12.7. The van der Waals surface area contributed by atoms with Gasteiger partial charge < -0.3 is 11.1 Å². The second-order valence-electron chi connectivity index (χ2n) is 6.71. The van der Waals surface area contributed by atoms with E-state index in [4.69, 9.17) is 5.73 Å². The van der Waals surface area contributed by atoms with Gasteiger partial charge in [0, 0.05) is 18.3 Å². The molecule has 3 N–H and O–H groups in total. The summed E-state index contributed by atoms with van der Waals surface area (Å²) in [6.07, 6.45) is -2.96. The van der Waals surface area contributed by atoms with Crippen LogP contribution in [0.4, 0.5) is 24.9 Å². The minimum Gasteiger partial charge on any atom is -0.383 e. The van der Waals surface area contributed by atoms with E-state index in [9.17, 15) is 13.2 Å². The molecule has 136 valence electrons. The lowest BCUT2D eigenvalue weighted by atomic mass is 9.79. The number of rotatable bonds is 5. The average Bonchev–Trinajstić information content (AvgIpc) is 2.53. The predicted octanol–water partition coefficient (Wildman–Crippen LogP) is 4.34. The van der Waals surface area contributed by atoms with Crippen molar-refractivity contribution in [3.63, 3.8) is 0 Å². The van der Waals surface area contributed by atoms with Crippen LogP contribution in [0, 0.1) is 6.92 Å². The zero-order chi connectivity index (χ0) is 18.8. The summed E-state index contributed by atoms with van der Waals surface area (Å²) < 4.78 is 38.1. The van der Waals surface area contributed by atoms with E-state index < -0.39 is 11.7 Å². The van der Waals surface area contributed by atoms with Crippen LogP contribution in [0.2, 0.25) is 0 Å². The molecule has 0 radical (unpaired) electrons. The van der Waals surface area contributed by atoms with Crippen molar-refractivity contribution in [3.05, 3.63) is 46.6 Å². The van der Waals surface area contributed by atoms with Crippen molar-refractivity contribution in [2.45, 2.75) is 45.2 Å². The van der Waals surface area contributed by atoms with Crippen molar-refractivity contribution in [2.24, 2.45) is 0 Å². The minimum atomic E-state index is -4.32. The molecule has 0 aliphatic rings. The first-order valence-electron chi connectivity index (χ1n) is 8.03. The Bertz CT molecular complexity index is 714. The van der Waals surface area contributed by atoms with E-state index in [1.54, 1.807) is 19.2 Å². The first kappa shape index (κ1) is 19.0. The molecule has 1 heterocycles. The van der Waals surface area contributed by atoms with Crippen LogP contribution >= 0.6 is 0 Å². The molecule has 4 nitrogen and oxygen atoms in total. The summed E-state index contributed by atoms with van der Waals surface area (Å²) in [4.78, 5) is 8.53. The van der Waals surface area contributed by atoms with Gasteiger partial charge in [0.1, 0.15) is 5.82 Å². The Morgan fingerprint density at radius 3 is 2.08 bits per heavy atom. The summed E-state index contributed by atoms with van der Waals surface area (Å²) in [7, 11) is 1.72. The lowest BCUT2D eigenvalue weighted by molar-refractivity contribution is -0.137. The van der Waals surface area contributed by atoms with Gasteiger partial charge in [0.2, 0.25) is 5.95 Å². The molecular weight excluding hydrogens is 329 g/mol. The lowest BCUT2D eigenvalue weighted by Crippen LogP contribution is -2.19. The fourth-order valence-electron chi connectivity index (χ4n) is 2.73. The molecular formula is C18H23F3N4. The molecule has 2 aromatic rings. The van der Waals surface area contributed by atoms with E-state index in [1.807, 2.05) is 20.8 Å². The van der Waals surface area contributed by atoms with Crippen LogP contribution in [0.1, 0.15) is 42.7 Å². The molecule has 1 aromatic heterocycles. The summed E-state index contributed by atoms with van der Waals surface area (Å²) in [6, 6.07) is 5.34. The van der Waals surface area contributed by atoms with Gasteiger partial charge in [-0.15, -0.1) is 0 Å². The van der Waals surface area contributed by atoms with Crippen molar-refractivity contribution in [2.75, 3.05) is 18.1 Å². The van der Waals surface area contributed by atoms with Crippen LogP contribution in [0.3, 0.4) is 0 Å². The van der Waals surface area contributed by atoms with Crippen LogP contribution in [0.5, 0.6) is 0 Å². The fourth-order valence-corrected chi connectivity index (χ4v) is 2.73. The number of aromatic nitrogens is 2. The number of nitrogens with one attached hydrogen (secondary N) is 1. The van der Waals surface area contributed by atoms with E-state index >= 15 is 0 Å². The lowest BCUT2D eigenvalue weighted by Gasteiger charge is -2.26. The van der Waals surface area contributed by atoms with Gasteiger partial charge in [-0.1, -0.05) is 26.0 Å². The topological polar surface area (TPSA) is 63.8 Å². The van der Waals surface area contributed by atoms with Gasteiger partial charge in [0.05, 0.1) is 5.56 Å². The summed E-state index contributed by atoms with van der Waals surface area (Å²) >= 11 is 0. The zero-order valence-corrected chi connectivity index (χ0v) is 14.8. The molecule has 2 rings (SSSR count). The Morgan fingerprint density at radius 1 is 1.04 bits per heavy atom. The number of nitrogen functional groups attached to an aromatic ring is 1. The van der Waals surface area contributed by atoms with Crippen LogP contribution in [0.15, 0.2) is 24.3 Å². The highest BCUT2D eigenvalue weighted by Gasteiger charge is 2.31. The smallest absolute Gasteiger partial charge is 0.383 e. The van der Waals surface area contributed by atoms with Crippen molar-refractivity contribution in [1.29, 1.82) is 0 Å². The molecule has 0 saturated carbocycles. The number of alkyl halides is 3. The van der Waals surface area contributed by atoms with Gasteiger partial charge in [0.15, 0.2) is 0 Å². The molecule has 7 heteroatoms. The third-order valence-electron chi connectivity index (χ3n) is 4.46. The first-order valence-corrected chi connectivity index (χ1v) is 8.03. The second kappa shape index (κ2) is 6.90. The molecule has 25 heavy (non-hydrogen) atoms. The molecule has 0 spiro atoms. The fraction of sp³-hybridized carbons (Fsp3) is 0.444. The Hall–Kier alpha value is -2.31. The predicted molar refractivity (Wildman–Crippen MR) is 93.5 cm³/mol. The first-order chi connectivity index (χ1) is 11.5. The van der Waals surface area contributed by atoms with Crippen molar-refractivity contribution in [3.8, 4) is 0 Å². The maximum atomic E-state index is 12.7. The number of halogens is 3. The molecule has 0 amide bonds. The summed E-state index contributed by atoms with van der Waals surface area (Å²) in [5.74, 6) is 0.904. The van der Waals surface area contributed by atoms with E-state index in [2.05, 4.69) is 15.3 Å².